The standard InChI is InChI=1S/C6H10ClO3P/c1-5(2)6(8)10-3-4-11(7)9/h11H,1,3-4H2,2H3. The molecule has 0 heterocycles. The van der Waals surface area contributed by atoms with Crippen molar-refractivity contribution in [2.75, 3.05) is 12.8 Å². The molecular formula is C6H10ClO3P. The smallest absolute Gasteiger partial charge is 0.333 e. The highest BCUT2D eigenvalue weighted by Crippen LogP contribution is 2.24. The fraction of sp³-hybridized carbons (Fsp3) is 0.500. The van der Waals surface area contributed by atoms with Gasteiger partial charge in [-0.3, -0.25) is 0 Å². The number of rotatable bonds is 4. The number of halogens is 1. The third-order valence-corrected chi connectivity index (χ3v) is 2.04. The van der Waals surface area contributed by atoms with Gasteiger partial charge in [0, 0.05) is 11.7 Å². The topological polar surface area (TPSA) is 43.4 Å². The molecule has 0 saturated carbocycles. The summed E-state index contributed by atoms with van der Waals surface area (Å²) in [6.45, 7) is 5.03. The van der Waals surface area contributed by atoms with Gasteiger partial charge in [-0.15, -0.1) is 0 Å². The van der Waals surface area contributed by atoms with Crippen molar-refractivity contribution in [2.45, 2.75) is 6.92 Å². The van der Waals surface area contributed by atoms with Crippen LogP contribution in [-0.4, -0.2) is 18.7 Å². The Morgan fingerprint density at radius 3 is 2.64 bits per heavy atom. The molecule has 0 aliphatic rings. The Hall–Kier alpha value is -0.270. The summed E-state index contributed by atoms with van der Waals surface area (Å²) in [6.07, 6.45) is 0.227. The summed E-state index contributed by atoms with van der Waals surface area (Å²) in [5, 5.41) is 0. The van der Waals surface area contributed by atoms with E-state index >= 15 is 0 Å². The maximum Gasteiger partial charge on any atom is 0.333 e. The molecule has 0 radical (unpaired) electrons. The maximum atomic E-state index is 10.7. The molecular weight excluding hydrogens is 186 g/mol. The summed E-state index contributed by atoms with van der Waals surface area (Å²) in [7, 11) is -2.04. The van der Waals surface area contributed by atoms with E-state index in [0.29, 0.717) is 5.57 Å². The molecule has 0 aromatic heterocycles. The first-order chi connectivity index (χ1) is 5.04. The zero-order chi connectivity index (χ0) is 8.85. The van der Waals surface area contributed by atoms with E-state index in [9.17, 15) is 9.36 Å². The van der Waals surface area contributed by atoms with Gasteiger partial charge in [0.05, 0.1) is 6.61 Å². The van der Waals surface area contributed by atoms with Gasteiger partial charge in [0.25, 0.3) is 0 Å². The Kier molecular flexibility index (Phi) is 5.26. The number of carbonyl (C=O) groups is 1. The third kappa shape index (κ3) is 6.14. The van der Waals surface area contributed by atoms with Crippen molar-refractivity contribution in [1.29, 1.82) is 0 Å². The Balaban J connectivity index is 3.47. The van der Waals surface area contributed by atoms with Gasteiger partial charge in [-0.25, -0.2) is 4.79 Å². The number of carbonyl (C=O) groups excluding carboxylic acids is 1. The first kappa shape index (κ1) is 10.7. The van der Waals surface area contributed by atoms with E-state index in [1.807, 2.05) is 0 Å². The molecule has 0 bridgehead atoms. The van der Waals surface area contributed by atoms with Crippen molar-refractivity contribution >= 4 is 24.4 Å². The molecule has 0 aliphatic heterocycles. The van der Waals surface area contributed by atoms with Crippen LogP contribution in [-0.2, 0) is 14.1 Å². The van der Waals surface area contributed by atoms with Crippen LogP contribution >= 0.6 is 18.4 Å². The number of hydrogen-bond acceptors (Lipinski definition) is 3. The zero-order valence-corrected chi connectivity index (χ0v) is 7.98. The first-order valence-electron chi connectivity index (χ1n) is 3.05. The van der Waals surface area contributed by atoms with Crippen LogP contribution in [0.25, 0.3) is 0 Å². The van der Waals surface area contributed by atoms with Gasteiger partial charge >= 0.3 is 5.97 Å². The van der Waals surface area contributed by atoms with Gasteiger partial charge in [-0.05, 0) is 6.92 Å². The molecule has 0 N–H and O–H groups in total. The van der Waals surface area contributed by atoms with Gasteiger partial charge in [-0.2, -0.15) is 0 Å². The van der Waals surface area contributed by atoms with Crippen LogP contribution in [0.15, 0.2) is 12.2 Å². The van der Waals surface area contributed by atoms with Crippen molar-refractivity contribution in [3.63, 3.8) is 0 Å². The van der Waals surface area contributed by atoms with Crippen molar-refractivity contribution in [2.24, 2.45) is 0 Å². The molecule has 0 amide bonds. The molecule has 0 rings (SSSR count). The minimum atomic E-state index is -2.04. The predicted molar refractivity (Wildman–Crippen MR) is 45.5 cm³/mol. The second-order valence-electron chi connectivity index (χ2n) is 2.02. The lowest BCUT2D eigenvalue weighted by Gasteiger charge is -2.00. The molecule has 1 unspecified atom stereocenters. The summed E-state index contributed by atoms with van der Waals surface area (Å²) in [6, 6.07) is 0. The van der Waals surface area contributed by atoms with E-state index in [4.69, 9.17) is 11.2 Å². The molecule has 0 fully saturated rings. The lowest BCUT2D eigenvalue weighted by molar-refractivity contribution is -0.138. The van der Waals surface area contributed by atoms with E-state index in [2.05, 4.69) is 11.3 Å². The molecule has 5 heteroatoms. The fourth-order valence-electron chi connectivity index (χ4n) is 0.347. The van der Waals surface area contributed by atoms with Crippen LogP contribution in [0.1, 0.15) is 6.92 Å². The molecule has 1 atom stereocenters. The lowest BCUT2D eigenvalue weighted by Crippen LogP contribution is -2.07. The van der Waals surface area contributed by atoms with Crippen LogP contribution in [0.3, 0.4) is 0 Å². The van der Waals surface area contributed by atoms with Crippen molar-refractivity contribution in [3.05, 3.63) is 12.2 Å². The number of esters is 1. The largest absolute Gasteiger partial charge is 0.462 e. The molecule has 64 valence electrons. The van der Waals surface area contributed by atoms with Crippen molar-refractivity contribution in [1.82, 2.24) is 0 Å². The first-order valence-corrected chi connectivity index (χ1v) is 5.67. The molecule has 11 heavy (non-hydrogen) atoms. The third-order valence-electron chi connectivity index (χ3n) is 0.880. The summed E-state index contributed by atoms with van der Waals surface area (Å²) >= 11 is 5.17. The predicted octanol–water partition coefficient (Wildman–Crippen LogP) is 1.82. The number of ether oxygens (including phenoxy) is 1. The van der Waals surface area contributed by atoms with Gasteiger partial charge in [-0.1, -0.05) is 17.8 Å². The van der Waals surface area contributed by atoms with Crippen LogP contribution in [0, 0.1) is 0 Å². The summed E-state index contributed by atoms with van der Waals surface area (Å²) < 4.78 is 14.9. The van der Waals surface area contributed by atoms with Crippen molar-refractivity contribution in [3.8, 4) is 0 Å². The Morgan fingerprint density at radius 2 is 2.27 bits per heavy atom. The summed E-state index contributed by atoms with van der Waals surface area (Å²) in [4.78, 5) is 10.7. The van der Waals surface area contributed by atoms with Gasteiger partial charge < -0.3 is 9.30 Å². The monoisotopic (exact) mass is 196 g/mol. The van der Waals surface area contributed by atoms with Gasteiger partial charge in [0.15, 0.2) is 7.15 Å². The van der Waals surface area contributed by atoms with E-state index < -0.39 is 13.1 Å². The quantitative estimate of drug-likeness (QED) is 0.391. The SMILES string of the molecule is C=C(C)C(=O)OCC[PH](=O)Cl. The molecule has 0 spiro atoms. The molecule has 0 aromatic rings. The highest BCUT2D eigenvalue weighted by molar-refractivity contribution is 7.73. The summed E-state index contributed by atoms with van der Waals surface area (Å²) in [5.74, 6) is -0.468. The second kappa shape index (κ2) is 5.39. The van der Waals surface area contributed by atoms with Crippen molar-refractivity contribution < 1.29 is 14.1 Å². The average molecular weight is 197 g/mol. The van der Waals surface area contributed by atoms with E-state index in [0.717, 1.165) is 0 Å². The fourth-order valence-corrected chi connectivity index (χ4v) is 0.841. The normalized spacial score (nSPS) is 12.2. The van der Waals surface area contributed by atoms with Crippen LogP contribution in [0.4, 0.5) is 0 Å². The lowest BCUT2D eigenvalue weighted by atomic mass is 10.4. The molecule has 3 nitrogen and oxygen atoms in total. The zero-order valence-electron chi connectivity index (χ0n) is 6.22. The van der Waals surface area contributed by atoms with E-state index in [1.54, 1.807) is 6.92 Å². The Morgan fingerprint density at radius 1 is 1.73 bits per heavy atom. The van der Waals surface area contributed by atoms with Gasteiger partial charge in [0.2, 0.25) is 0 Å². The van der Waals surface area contributed by atoms with Crippen LogP contribution < -0.4 is 0 Å². The molecule has 0 saturated heterocycles. The van der Waals surface area contributed by atoms with Crippen LogP contribution in [0.2, 0.25) is 0 Å². The highest BCUT2D eigenvalue weighted by Gasteiger charge is 2.02. The number of hydrogen-bond donors (Lipinski definition) is 0. The summed E-state index contributed by atoms with van der Waals surface area (Å²) in [5.41, 5.74) is 0.333. The Bertz CT molecular complexity index is 190. The highest BCUT2D eigenvalue weighted by atomic mass is 35.7. The van der Waals surface area contributed by atoms with Crippen LogP contribution in [0.5, 0.6) is 0 Å². The maximum absolute atomic E-state index is 10.7. The minimum Gasteiger partial charge on any atom is -0.462 e. The minimum absolute atomic E-state index is 0.104. The molecule has 0 aliphatic carbocycles. The molecule has 0 aromatic carbocycles. The second-order valence-corrected chi connectivity index (χ2v) is 4.50. The van der Waals surface area contributed by atoms with E-state index in [1.165, 1.54) is 0 Å². The Labute approximate surface area is 70.9 Å². The van der Waals surface area contributed by atoms with E-state index in [-0.39, 0.29) is 12.8 Å². The van der Waals surface area contributed by atoms with Gasteiger partial charge in [0.1, 0.15) is 0 Å². The average Bonchev–Trinajstić information content (AvgIpc) is 1.86.